The Morgan fingerprint density at radius 2 is 1.60 bits per heavy atom. The summed E-state index contributed by atoms with van der Waals surface area (Å²) in [6.07, 6.45) is 0.660. The maximum absolute atomic E-state index is 12.3. The van der Waals surface area contributed by atoms with E-state index < -0.39 is 20.0 Å². The molecule has 0 atom stereocenters. The summed E-state index contributed by atoms with van der Waals surface area (Å²) in [6, 6.07) is 7.82. The Labute approximate surface area is 156 Å². The third-order valence-corrected chi connectivity index (χ3v) is 6.53. The number of anilines is 1. The minimum atomic E-state index is -3.99. The largest absolute Gasteiger partial charge is 0.280 e. The van der Waals surface area contributed by atoms with Gasteiger partial charge >= 0.3 is 0 Å². The summed E-state index contributed by atoms with van der Waals surface area (Å²) in [5.41, 5.74) is 0.181. The molecule has 11 heteroatoms. The quantitative estimate of drug-likeness (QED) is 0.665. The van der Waals surface area contributed by atoms with Crippen molar-refractivity contribution >= 4 is 48.9 Å². The molecule has 25 heavy (non-hydrogen) atoms. The van der Waals surface area contributed by atoms with Crippen molar-refractivity contribution in [3.05, 3.63) is 46.7 Å². The Morgan fingerprint density at radius 1 is 0.960 bits per heavy atom. The Bertz CT molecular complexity index is 962. The first-order chi connectivity index (χ1) is 11.7. The van der Waals surface area contributed by atoms with Crippen LogP contribution in [0, 0.1) is 0 Å². The van der Waals surface area contributed by atoms with Gasteiger partial charge in [0.05, 0.1) is 4.90 Å². The van der Waals surface area contributed by atoms with Crippen LogP contribution in [0.4, 0.5) is 5.69 Å². The minimum absolute atomic E-state index is 0.0371. The van der Waals surface area contributed by atoms with Crippen LogP contribution in [-0.2, 0) is 20.0 Å². The van der Waals surface area contributed by atoms with Gasteiger partial charge in [-0.05, 0) is 42.8 Å². The molecular formula is C14H15Cl2N3O4S2. The molecular weight excluding hydrogens is 409 g/mol. The van der Waals surface area contributed by atoms with Crippen molar-refractivity contribution in [2.75, 3.05) is 11.3 Å². The fourth-order valence-electron chi connectivity index (χ4n) is 1.83. The summed E-state index contributed by atoms with van der Waals surface area (Å²) in [7, 11) is -7.61. The molecule has 0 unspecified atom stereocenters. The van der Waals surface area contributed by atoms with E-state index in [1.807, 2.05) is 6.92 Å². The van der Waals surface area contributed by atoms with Gasteiger partial charge in [0.1, 0.15) is 10.0 Å². The summed E-state index contributed by atoms with van der Waals surface area (Å²) in [4.78, 5) is 3.48. The number of aromatic nitrogens is 1. The highest BCUT2D eigenvalue weighted by atomic mass is 35.5. The molecule has 0 aliphatic rings. The third-order valence-electron chi connectivity index (χ3n) is 3.03. The SMILES string of the molecule is CCCNS(=O)(=O)c1ccc(NS(=O)(=O)c2ccc(Cl)nc2Cl)cc1. The lowest BCUT2D eigenvalue weighted by atomic mass is 10.3. The van der Waals surface area contributed by atoms with Crippen molar-refractivity contribution in [2.45, 2.75) is 23.1 Å². The normalized spacial score (nSPS) is 12.1. The second kappa shape index (κ2) is 7.88. The molecule has 0 amide bonds. The number of nitrogens with zero attached hydrogens (tertiary/aromatic N) is 1. The van der Waals surface area contributed by atoms with E-state index in [-0.39, 0.29) is 25.8 Å². The first kappa shape index (κ1) is 19.9. The van der Waals surface area contributed by atoms with Crippen molar-refractivity contribution in [3.8, 4) is 0 Å². The number of halogens is 2. The van der Waals surface area contributed by atoms with E-state index in [0.717, 1.165) is 0 Å². The van der Waals surface area contributed by atoms with E-state index in [1.165, 1.54) is 36.4 Å². The van der Waals surface area contributed by atoms with Gasteiger partial charge in [-0.3, -0.25) is 4.72 Å². The smallest absolute Gasteiger partial charge is 0.264 e. The van der Waals surface area contributed by atoms with Crippen LogP contribution in [0.5, 0.6) is 0 Å². The summed E-state index contributed by atoms with van der Waals surface area (Å²) < 4.78 is 53.4. The molecule has 0 fully saturated rings. The minimum Gasteiger partial charge on any atom is -0.280 e. The van der Waals surface area contributed by atoms with Crippen LogP contribution in [0.15, 0.2) is 46.2 Å². The lowest BCUT2D eigenvalue weighted by Gasteiger charge is -2.10. The Kier molecular flexibility index (Phi) is 6.28. The number of benzene rings is 1. The summed E-state index contributed by atoms with van der Waals surface area (Å²) in [6.45, 7) is 2.16. The van der Waals surface area contributed by atoms with Gasteiger partial charge in [0.25, 0.3) is 10.0 Å². The Morgan fingerprint density at radius 3 is 2.16 bits per heavy atom. The van der Waals surface area contributed by atoms with Crippen LogP contribution < -0.4 is 9.44 Å². The molecule has 0 bridgehead atoms. The molecule has 2 aromatic rings. The Balaban J connectivity index is 2.23. The lowest BCUT2D eigenvalue weighted by molar-refractivity contribution is 0.581. The number of hydrogen-bond donors (Lipinski definition) is 2. The molecule has 7 nitrogen and oxygen atoms in total. The molecule has 0 aliphatic carbocycles. The molecule has 1 aromatic carbocycles. The number of sulfonamides is 2. The van der Waals surface area contributed by atoms with Crippen molar-refractivity contribution < 1.29 is 16.8 Å². The van der Waals surface area contributed by atoms with E-state index >= 15 is 0 Å². The van der Waals surface area contributed by atoms with Crippen LogP contribution in [0.25, 0.3) is 0 Å². The van der Waals surface area contributed by atoms with E-state index in [1.54, 1.807) is 0 Å². The van der Waals surface area contributed by atoms with Crippen LogP contribution >= 0.6 is 23.2 Å². The topological polar surface area (TPSA) is 105 Å². The Hall–Kier alpha value is -1.39. The fraction of sp³-hybridized carbons (Fsp3) is 0.214. The zero-order valence-electron chi connectivity index (χ0n) is 13.0. The predicted octanol–water partition coefficient (Wildman–Crippen LogP) is 2.88. The average Bonchev–Trinajstić information content (AvgIpc) is 2.52. The summed E-state index contributed by atoms with van der Waals surface area (Å²) >= 11 is 11.5. The van der Waals surface area contributed by atoms with Gasteiger partial charge in [-0.25, -0.2) is 26.5 Å². The molecule has 1 aromatic heterocycles. The molecule has 1 heterocycles. The van der Waals surface area contributed by atoms with Crippen molar-refractivity contribution in [1.82, 2.24) is 9.71 Å². The summed E-state index contributed by atoms with van der Waals surface area (Å²) in [5, 5.41) is -0.193. The second-order valence-electron chi connectivity index (χ2n) is 4.95. The van der Waals surface area contributed by atoms with Crippen molar-refractivity contribution in [3.63, 3.8) is 0 Å². The molecule has 0 spiro atoms. The number of pyridine rings is 1. The van der Waals surface area contributed by atoms with Gasteiger partial charge in [-0.1, -0.05) is 30.1 Å². The molecule has 0 aliphatic heterocycles. The second-order valence-corrected chi connectivity index (χ2v) is 9.11. The number of hydrogen-bond acceptors (Lipinski definition) is 5. The van der Waals surface area contributed by atoms with E-state index in [9.17, 15) is 16.8 Å². The molecule has 2 rings (SSSR count). The van der Waals surface area contributed by atoms with E-state index in [2.05, 4.69) is 14.4 Å². The van der Waals surface area contributed by atoms with Gasteiger partial charge in [-0.15, -0.1) is 0 Å². The first-order valence-corrected chi connectivity index (χ1v) is 10.8. The predicted molar refractivity (Wildman–Crippen MR) is 97.0 cm³/mol. The zero-order valence-corrected chi connectivity index (χ0v) is 16.2. The molecule has 136 valence electrons. The van der Waals surface area contributed by atoms with Crippen LogP contribution in [0.3, 0.4) is 0 Å². The van der Waals surface area contributed by atoms with E-state index in [0.29, 0.717) is 13.0 Å². The number of rotatable bonds is 7. The molecule has 0 radical (unpaired) electrons. The van der Waals surface area contributed by atoms with Gasteiger partial charge in [0.15, 0.2) is 5.15 Å². The highest BCUT2D eigenvalue weighted by Crippen LogP contribution is 2.24. The monoisotopic (exact) mass is 423 g/mol. The van der Waals surface area contributed by atoms with Gasteiger partial charge < -0.3 is 0 Å². The molecule has 0 saturated heterocycles. The molecule has 0 saturated carbocycles. The first-order valence-electron chi connectivity index (χ1n) is 7.10. The van der Waals surface area contributed by atoms with Crippen LogP contribution in [0.2, 0.25) is 10.3 Å². The van der Waals surface area contributed by atoms with E-state index in [4.69, 9.17) is 23.2 Å². The highest BCUT2D eigenvalue weighted by Gasteiger charge is 2.20. The molecule has 2 N–H and O–H groups in total. The number of nitrogens with one attached hydrogen (secondary N) is 2. The summed E-state index contributed by atoms with van der Waals surface area (Å²) in [5.74, 6) is 0. The van der Waals surface area contributed by atoms with Gasteiger partial charge in [-0.2, -0.15) is 0 Å². The van der Waals surface area contributed by atoms with Crippen LogP contribution in [-0.4, -0.2) is 28.4 Å². The maximum Gasteiger partial charge on any atom is 0.264 e. The standard InChI is InChI=1S/C14H15Cl2N3O4S2/c1-2-9-17-24(20,21)11-5-3-10(4-6-11)19-25(22,23)12-7-8-13(15)18-14(12)16/h3-8,17,19H,2,9H2,1H3. The van der Waals surface area contributed by atoms with Gasteiger partial charge in [0.2, 0.25) is 10.0 Å². The lowest BCUT2D eigenvalue weighted by Crippen LogP contribution is -2.24. The van der Waals surface area contributed by atoms with Crippen LogP contribution in [0.1, 0.15) is 13.3 Å². The average molecular weight is 424 g/mol. The fourth-order valence-corrected chi connectivity index (χ4v) is 4.69. The zero-order chi connectivity index (χ0) is 18.7. The van der Waals surface area contributed by atoms with Crippen molar-refractivity contribution in [2.24, 2.45) is 0 Å². The van der Waals surface area contributed by atoms with Gasteiger partial charge in [0, 0.05) is 12.2 Å². The highest BCUT2D eigenvalue weighted by molar-refractivity contribution is 7.92. The maximum atomic E-state index is 12.3. The third kappa shape index (κ3) is 5.05. The van der Waals surface area contributed by atoms with Crippen molar-refractivity contribution in [1.29, 1.82) is 0 Å².